The van der Waals surface area contributed by atoms with Crippen LogP contribution in [0.4, 0.5) is 0 Å². The SMILES string of the molecule is Cc1cccc(C#Cc2ccnc3c(C)c4nccc(C#Cc5cccc(C)c5)c4cc23)c1. The molecule has 0 bridgehead atoms. The Balaban J connectivity index is 1.69. The van der Waals surface area contributed by atoms with Crippen LogP contribution in [0.3, 0.4) is 0 Å². The van der Waals surface area contributed by atoms with E-state index < -0.39 is 0 Å². The first kappa shape index (κ1) is 20.5. The van der Waals surface area contributed by atoms with Crippen LogP contribution >= 0.6 is 0 Å². The summed E-state index contributed by atoms with van der Waals surface area (Å²) in [6, 6.07) is 22.6. The smallest absolute Gasteiger partial charge is 0.0765 e. The highest BCUT2D eigenvalue weighted by Gasteiger charge is 2.11. The van der Waals surface area contributed by atoms with Crippen molar-refractivity contribution in [3.8, 4) is 23.7 Å². The lowest BCUT2D eigenvalue weighted by Gasteiger charge is -2.09. The second kappa shape index (κ2) is 8.62. The Morgan fingerprint density at radius 3 is 1.48 bits per heavy atom. The first-order chi connectivity index (χ1) is 16.1. The van der Waals surface area contributed by atoms with Gasteiger partial charge in [0.1, 0.15) is 0 Å². The summed E-state index contributed by atoms with van der Waals surface area (Å²) in [6.45, 7) is 6.23. The van der Waals surface area contributed by atoms with Crippen molar-refractivity contribution in [3.05, 3.63) is 118 Å². The molecule has 0 aliphatic carbocycles. The second-order valence-corrected chi connectivity index (χ2v) is 8.25. The lowest BCUT2D eigenvalue weighted by atomic mass is 9.99. The Morgan fingerprint density at radius 1 is 0.545 bits per heavy atom. The molecule has 0 amide bonds. The molecule has 5 aromatic rings. The molecule has 0 fully saturated rings. The molecule has 0 aliphatic rings. The number of aromatic nitrogens is 2. The maximum atomic E-state index is 4.65. The van der Waals surface area contributed by atoms with E-state index in [0.717, 1.165) is 49.6 Å². The van der Waals surface area contributed by atoms with Gasteiger partial charge in [0.2, 0.25) is 0 Å². The van der Waals surface area contributed by atoms with Crippen LogP contribution in [0.1, 0.15) is 38.9 Å². The summed E-state index contributed by atoms with van der Waals surface area (Å²) in [7, 11) is 0. The topological polar surface area (TPSA) is 25.8 Å². The molecule has 0 aliphatic heterocycles. The molecule has 2 aromatic heterocycles. The molecule has 0 saturated carbocycles. The first-order valence-electron chi connectivity index (χ1n) is 10.9. The third-order valence-electron chi connectivity index (χ3n) is 5.70. The predicted molar refractivity (Wildman–Crippen MR) is 136 cm³/mol. The van der Waals surface area contributed by atoms with Crippen molar-refractivity contribution in [1.82, 2.24) is 9.97 Å². The van der Waals surface area contributed by atoms with Crippen LogP contribution in [0.2, 0.25) is 0 Å². The van der Waals surface area contributed by atoms with Crippen LogP contribution in [-0.4, -0.2) is 9.97 Å². The molecule has 0 atom stereocenters. The molecule has 0 radical (unpaired) electrons. The number of rotatable bonds is 0. The molecule has 2 heteroatoms. The Labute approximate surface area is 194 Å². The van der Waals surface area contributed by atoms with Crippen molar-refractivity contribution in [1.29, 1.82) is 0 Å². The lowest BCUT2D eigenvalue weighted by Crippen LogP contribution is -1.93. The minimum Gasteiger partial charge on any atom is -0.256 e. The lowest BCUT2D eigenvalue weighted by molar-refractivity contribution is 1.33. The van der Waals surface area contributed by atoms with Gasteiger partial charge in [0, 0.05) is 51.0 Å². The number of hydrogen-bond acceptors (Lipinski definition) is 2. The van der Waals surface area contributed by atoms with Crippen molar-refractivity contribution < 1.29 is 0 Å². The van der Waals surface area contributed by atoms with Gasteiger partial charge < -0.3 is 0 Å². The minimum absolute atomic E-state index is 0.926. The average molecular weight is 423 g/mol. The van der Waals surface area contributed by atoms with Crippen molar-refractivity contribution in [2.45, 2.75) is 20.8 Å². The van der Waals surface area contributed by atoms with Gasteiger partial charge in [-0.1, -0.05) is 47.9 Å². The number of benzene rings is 3. The second-order valence-electron chi connectivity index (χ2n) is 8.25. The molecule has 3 aromatic carbocycles. The number of aryl methyl sites for hydroxylation is 3. The molecular formula is C31H22N2. The van der Waals surface area contributed by atoms with Crippen LogP contribution < -0.4 is 0 Å². The zero-order valence-electron chi connectivity index (χ0n) is 18.9. The van der Waals surface area contributed by atoms with E-state index in [4.69, 9.17) is 0 Å². The molecule has 0 spiro atoms. The quantitative estimate of drug-likeness (QED) is 0.210. The molecule has 2 heterocycles. The van der Waals surface area contributed by atoms with Gasteiger partial charge in [0.05, 0.1) is 11.0 Å². The maximum absolute atomic E-state index is 4.65. The monoisotopic (exact) mass is 422 g/mol. The summed E-state index contributed by atoms with van der Waals surface area (Å²) >= 11 is 0. The first-order valence-corrected chi connectivity index (χ1v) is 10.9. The molecule has 33 heavy (non-hydrogen) atoms. The Hall–Kier alpha value is -4.40. The molecule has 2 nitrogen and oxygen atoms in total. The van der Waals surface area contributed by atoms with E-state index in [1.807, 2.05) is 48.8 Å². The molecular weight excluding hydrogens is 400 g/mol. The highest BCUT2D eigenvalue weighted by atomic mass is 14.7. The van der Waals surface area contributed by atoms with Gasteiger partial charge in [0.25, 0.3) is 0 Å². The molecule has 5 rings (SSSR count). The largest absolute Gasteiger partial charge is 0.256 e. The summed E-state index contributed by atoms with van der Waals surface area (Å²) in [5.41, 5.74) is 9.21. The fourth-order valence-corrected chi connectivity index (χ4v) is 4.04. The Kier molecular flexibility index (Phi) is 5.35. The zero-order chi connectivity index (χ0) is 22.8. The van der Waals surface area contributed by atoms with Crippen LogP contribution in [0.15, 0.2) is 79.1 Å². The minimum atomic E-state index is 0.926. The zero-order valence-corrected chi connectivity index (χ0v) is 18.9. The number of nitrogens with zero attached hydrogens (tertiary/aromatic N) is 2. The Bertz CT molecular complexity index is 1530. The van der Waals surface area contributed by atoms with Gasteiger partial charge in [-0.25, -0.2) is 0 Å². The third-order valence-corrected chi connectivity index (χ3v) is 5.70. The van der Waals surface area contributed by atoms with Crippen molar-refractivity contribution in [3.63, 3.8) is 0 Å². The summed E-state index contributed by atoms with van der Waals surface area (Å²) < 4.78 is 0. The fraction of sp³-hybridized carbons (Fsp3) is 0.0968. The number of pyridine rings is 2. The van der Waals surface area contributed by atoms with Crippen LogP contribution in [0, 0.1) is 44.5 Å². The normalized spacial score (nSPS) is 10.4. The molecule has 0 saturated heterocycles. The van der Waals surface area contributed by atoms with E-state index in [1.54, 1.807) is 0 Å². The van der Waals surface area contributed by atoms with E-state index in [2.05, 4.69) is 84.8 Å². The van der Waals surface area contributed by atoms with E-state index in [9.17, 15) is 0 Å². The van der Waals surface area contributed by atoms with Gasteiger partial charge in [-0.2, -0.15) is 0 Å². The fourth-order valence-electron chi connectivity index (χ4n) is 4.04. The van der Waals surface area contributed by atoms with Gasteiger partial charge in [-0.15, -0.1) is 0 Å². The maximum Gasteiger partial charge on any atom is 0.0765 e. The van der Waals surface area contributed by atoms with Crippen molar-refractivity contribution in [2.75, 3.05) is 0 Å². The molecule has 0 N–H and O–H groups in total. The van der Waals surface area contributed by atoms with Crippen molar-refractivity contribution in [2.24, 2.45) is 0 Å². The summed E-state index contributed by atoms with van der Waals surface area (Å²) in [5, 5.41) is 2.04. The van der Waals surface area contributed by atoms with Gasteiger partial charge >= 0.3 is 0 Å². The average Bonchev–Trinajstić information content (AvgIpc) is 2.82. The van der Waals surface area contributed by atoms with E-state index >= 15 is 0 Å². The summed E-state index contributed by atoms with van der Waals surface area (Å²) in [5.74, 6) is 13.3. The number of fused-ring (bicyclic) bond motifs is 2. The summed E-state index contributed by atoms with van der Waals surface area (Å²) in [6.07, 6.45) is 3.64. The third kappa shape index (κ3) is 4.20. The Morgan fingerprint density at radius 2 is 1.03 bits per heavy atom. The standard InChI is InChI=1S/C31H22N2/c1-21-6-4-8-24(18-21)10-12-26-14-16-32-30-23(3)31-29(20-28(26)30)27(15-17-33-31)13-11-25-9-5-7-22(2)19-25/h4-9,14-20H,1-3H3. The predicted octanol–water partition coefficient (Wildman–Crippen LogP) is 6.51. The van der Waals surface area contributed by atoms with E-state index in [1.165, 1.54) is 11.1 Å². The van der Waals surface area contributed by atoms with Crippen LogP contribution in [0.25, 0.3) is 21.8 Å². The van der Waals surface area contributed by atoms with Crippen LogP contribution in [0.5, 0.6) is 0 Å². The molecule has 156 valence electrons. The van der Waals surface area contributed by atoms with Crippen LogP contribution in [-0.2, 0) is 0 Å². The molecule has 0 unspecified atom stereocenters. The highest BCUT2D eigenvalue weighted by Crippen LogP contribution is 2.29. The number of hydrogen-bond donors (Lipinski definition) is 0. The van der Waals surface area contributed by atoms with Gasteiger partial charge in [-0.05, 0) is 74.4 Å². The highest BCUT2D eigenvalue weighted by molar-refractivity contribution is 6.02. The van der Waals surface area contributed by atoms with Crippen molar-refractivity contribution >= 4 is 21.8 Å². The van der Waals surface area contributed by atoms with E-state index in [-0.39, 0.29) is 0 Å². The van der Waals surface area contributed by atoms with E-state index in [0.29, 0.717) is 0 Å². The van der Waals surface area contributed by atoms with Gasteiger partial charge in [0.15, 0.2) is 0 Å². The van der Waals surface area contributed by atoms with Gasteiger partial charge in [-0.3, -0.25) is 9.97 Å². The summed E-state index contributed by atoms with van der Waals surface area (Å²) in [4.78, 5) is 9.30.